The maximum absolute atomic E-state index is 12.2. The van der Waals surface area contributed by atoms with E-state index in [1.54, 1.807) is 19.2 Å². The molecule has 0 aromatic heterocycles. The lowest BCUT2D eigenvalue weighted by Gasteiger charge is -2.08. The van der Waals surface area contributed by atoms with Gasteiger partial charge in [-0.25, -0.2) is 0 Å². The summed E-state index contributed by atoms with van der Waals surface area (Å²) in [5.41, 5.74) is 7.15. The summed E-state index contributed by atoms with van der Waals surface area (Å²) in [5.74, 6) is 2.28. The van der Waals surface area contributed by atoms with Crippen LogP contribution in [0.25, 0.3) is 0 Å². The number of carbonyl (C=O) groups is 1. The Balaban J connectivity index is 0.00000147. The second-order valence-corrected chi connectivity index (χ2v) is 5.58. The van der Waals surface area contributed by atoms with E-state index in [-0.39, 0.29) is 24.2 Å². The minimum absolute atomic E-state index is 0. The standard InChI is InChI=1S/C15H20N2O2.ClH/c1-19-13-7-6-9(8-12(13)16)17-15(18)14-10-4-2-3-5-11(10)14;/h6-8,10-11,14H,2-5,16H2,1H3,(H,17,18);1H. The van der Waals surface area contributed by atoms with Gasteiger partial charge >= 0.3 is 0 Å². The fourth-order valence-electron chi connectivity index (χ4n) is 3.42. The summed E-state index contributed by atoms with van der Waals surface area (Å²) in [6.07, 6.45) is 4.99. The van der Waals surface area contributed by atoms with E-state index in [1.807, 2.05) is 6.07 Å². The molecule has 0 spiro atoms. The number of carbonyl (C=O) groups excluding carboxylic acids is 1. The highest BCUT2D eigenvalue weighted by molar-refractivity contribution is 5.95. The van der Waals surface area contributed by atoms with Gasteiger partial charge < -0.3 is 15.8 Å². The zero-order valence-corrected chi connectivity index (χ0v) is 12.4. The van der Waals surface area contributed by atoms with E-state index >= 15 is 0 Å². The molecule has 3 rings (SSSR count). The Kier molecular flexibility index (Phi) is 4.43. The third-order valence-electron chi connectivity index (χ3n) is 4.46. The van der Waals surface area contributed by atoms with Crippen LogP contribution in [0.15, 0.2) is 18.2 Å². The van der Waals surface area contributed by atoms with E-state index < -0.39 is 0 Å². The number of benzene rings is 1. The molecule has 0 radical (unpaired) electrons. The maximum atomic E-state index is 12.2. The highest BCUT2D eigenvalue weighted by Gasteiger charge is 2.54. The van der Waals surface area contributed by atoms with Crippen molar-refractivity contribution in [2.24, 2.45) is 17.8 Å². The van der Waals surface area contributed by atoms with Gasteiger partial charge in [0.25, 0.3) is 0 Å². The normalized spacial score (nSPS) is 26.9. The fourth-order valence-corrected chi connectivity index (χ4v) is 3.42. The zero-order valence-electron chi connectivity index (χ0n) is 11.6. The van der Waals surface area contributed by atoms with Crippen LogP contribution >= 0.6 is 12.4 Å². The van der Waals surface area contributed by atoms with Crippen LogP contribution in [0.2, 0.25) is 0 Å². The third kappa shape index (κ3) is 2.70. The molecule has 2 unspecified atom stereocenters. The van der Waals surface area contributed by atoms with Crippen molar-refractivity contribution in [1.82, 2.24) is 0 Å². The molecule has 2 atom stereocenters. The Morgan fingerprint density at radius 1 is 1.30 bits per heavy atom. The number of methoxy groups -OCH3 is 1. The number of anilines is 2. The lowest BCUT2D eigenvalue weighted by atomic mass is 10.0. The predicted octanol–water partition coefficient (Wildman–Crippen LogP) is 3.07. The molecule has 4 nitrogen and oxygen atoms in total. The number of rotatable bonds is 3. The van der Waals surface area contributed by atoms with Crippen molar-refractivity contribution in [3.63, 3.8) is 0 Å². The number of halogens is 1. The SMILES string of the molecule is COc1ccc(NC(=O)C2C3CCCCC32)cc1N.Cl. The van der Waals surface area contributed by atoms with Crippen molar-refractivity contribution in [2.45, 2.75) is 25.7 Å². The van der Waals surface area contributed by atoms with Gasteiger partial charge in [-0.05, 0) is 42.9 Å². The number of hydrogen-bond acceptors (Lipinski definition) is 3. The summed E-state index contributed by atoms with van der Waals surface area (Å²) in [6.45, 7) is 0. The van der Waals surface area contributed by atoms with E-state index in [0.717, 1.165) is 5.69 Å². The first-order valence-electron chi connectivity index (χ1n) is 6.95. The van der Waals surface area contributed by atoms with E-state index in [1.165, 1.54) is 25.7 Å². The second-order valence-electron chi connectivity index (χ2n) is 5.58. The number of ether oxygens (including phenoxy) is 1. The van der Waals surface area contributed by atoms with Gasteiger partial charge in [0.2, 0.25) is 5.91 Å². The number of nitrogens with two attached hydrogens (primary N) is 1. The number of nitrogen functional groups attached to an aromatic ring is 1. The molecule has 2 saturated carbocycles. The molecule has 0 heterocycles. The first kappa shape index (κ1) is 15.0. The molecule has 1 aromatic rings. The average Bonchev–Trinajstić information content (AvgIpc) is 3.13. The molecule has 1 amide bonds. The summed E-state index contributed by atoms with van der Waals surface area (Å²) in [5, 5.41) is 2.98. The molecule has 1 aromatic carbocycles. The van der Waals surface area contributed by atoms with Gasteiger partial charge in [0.15, 0.2) is 0 Å². The van der Waals surface area contributed by atoms with E-state index in [4.69, 9.17) is 10.5 Å². The van der Waals surface area contributed by atoms with Crippen LogP contribution in [0.3, 0.4) is 0 Å². The first-order chi connectivity index (χ1) is 9.20. The minimum Gasteiger partial charge on any atom is -0.495 e. The molecule has 110 valence electrons. The molecule has 0 saturated heterocycles. The number of hydrogen-bond donors (Lipinski definition) is 2. The van der Waals surface area contributed by atoms with Crippen LogP contribution in [0.5, 0.6) is 5.75 Å². The summed E-state index contributed by atoms with van der Waals surface area (Å²) >= 11 is 0. The monoisotopic (exact) mass is 296 g/mol. The van der Waals surface area contributed by atoms with Crippen LogP contribution in [-0.4, -0.2) is 13.0 Å². The highest BCUT2D eigenvalue weighted by Crippen LogP contribution is 2.55. The van der Waals surface area contributed by atoms with Gasteiger partial charge in [0.05, 0.1) is 12.8 Å². The number of amides is 1. The minimum atomic E-state index is 0. The Morgan fingerprint density at radius 2 is 1.95 bits per heavy atom. The summed E-state index contributed by atoms with van der Waals surface area (Å²) < 4.78 is 5.10. The molecule has 3 N–H and O–H groups in total. The molecule has 0 aliphatic heterocycles. The smallest absolute Gasteiger partial charge is 0.228 e. The Morgan fingerprint density at radius 3 is 2.50 bits per heavy atom. The Hall–Kier alpha value is -1.42. The average molecular weight is 297 g/mol. The number of nitrogens with one attached hydrogen (secondary N) is 1. The molecule has 5 heteroatoms. The van der Waals surface area contributed by atoms with Crippen molar-refractivity contribution < 1.29 is 9.53 Å². The van der Waals surface area contributed by atoms with E-state index in [0.29, 0.717) is 23.3 Å². The van der Waals surface area contributed by atoms with Gasteiger partial charge in [0.1, 0.15) is 5.75 Å². The van der Waals surface area contributed by atoms with Crippen molar-refractivity contribution in [2.75, 3.05) is 18.2 Å². The van der Waals surface area contributed by atoms with Crippen LogP contribution in [-0.2, 0) is 4.79 Å². The maximum Gasteiger partial charge on any atom is 0.228 e. The van der Waals surface area contributed by atoms with Gasteiger partial charge in [-0.3, -0.25) is 4.79 Å². The van der Waals surface area contributed by atoms with Crippen LogP contribution in [0, 0.1) is 17.8 Å². The molecule has 2 aliphatic carbocycles. The third-order valence-corrected chi connectivity index (χ3v) is 4.46. The largest absolute Gasteiger partial charge is 0.495 e. The van der Waals surface area contributed by atoms with Crippen molar-refractivity contribution in [1.29, 1.82) is 0 Å². The number of fused-ring (bicyclic) bond motifs is 1. The van der Waals surface area contributed by atoms with Gasteiger partial charge in [-0.1, -0.05) is 12.8 Å². The molecular formula is C15H21ClN2O2. The first-order valence-corrected chi connectivity index (χ1v) is 6.95. The summed E-state index contributed by atoms with van der Waals surface area (Å²) in [4.78, 5) is 12.2. The zero-order chi connectivity index (χ0) is 13.4. The molecule has 0 bridgehead atoms. The fraction of sp³-hybridized carbons (Fsp3) is 0.533. The predicted molar refractivity (Wildman–Crippen MR) is 82.2 cm³/mol. The van der Waals surface area contributed by atoms with Crippen molar-refractivity contribution in [3.05, 3.63) is 18.2 Å². The Bertz CT molecular complexity index is 495. The molecule has 2 aliphatic rings. The lowest BCUT2D eigenvalue weighted by molar-refractivity contribution is -0.117. The van der Waals surface area contributed by atoms with E-state index in [9.17, 15) is 4.79 Å². The second kappa shape index (κ2) is 5.92. The quantitative estimate of drug-likeness (QED) is 0.843. The molecular weight excluding hydrogens is 276 g/mol. The van der Waals surface area contributed by atoms with Crippen molar-refractivity contribution >= 4 is 29.7 Å². The Labute approximate surface area is 125 Å². The van der Waals surface area contributed by atoms with Gasteiger partial charge in [-0.15, -0.1) is 12.4 Å². The van der Waals surface area contributed by atoms with Gasteiger partial charge in [0, 0.05) is 11.6 Å². The molecule has 2 fully saturated rings. The highest BCUT2D eigenvalue weighted by atomic mass is 35.5. The van der Waals surface area contributed by atoms with Crippen LogP contribution in [0.1, 0.15) is 25.7 Å². The van der Waals surface area contributed by atoms with E-state index in [2.05, 4.69) is 5.32 Å². The van der Waals surface area contributed by atoms with Crippen LogP contribution in [0.4, 0.5) is 11.4 Å². The summed E-state index contributed by atoms with van der Waals surface area (Å²) in [6, 6.07) is 5.37. The van der Waals surface area contributed by atoms with Crippen molar-refractivity contribution in [3.8, 4) is 5.75 Å². The topological polar surface area (TPSA) is 64.3 Å². The summed E-state index contributed by atoms with van der Waals surface area (Å²) in [7, 11) is 1.58. The van der Waals surface area contributed by atoms with Crippen LogP contribution < -0.4 is 15.8 Å². The molecule has 20 heavy (non-hydrogen) atoms. The lowest BCUT2D eigenvalue weighted by Crippen LogP contribution is -2.15. The van der Waals surface area contributed by atoms with Gasteiger partial charge in [-0.2, -0.15) is 0 Å².